The van der Waals surface area contributed by atoms with Crippen molar-refractivity contribution in [3.63, 3.8) is 0 Å². The lowest BCUT2D eigenvalue weighted by Crippen LogP contribution is -2.30. The minimum atomic E-state index is -0.289. The summed E-state index contributed by atoms with van der Waals surface area (Å²) < 4.78 is 11.4. The van der Waals surface area contributed by atoms with Crippen LogP contribution in [0.3, 0.4) is 0 Å². The highest BCUT2D eigenvalue weighted by Crippen LogP contribution is 2.39. The standard InChI is InChI=1S/C21H20N2O3S/c1-25-19-10-15(16-11-20(24)23-21(27-2)17(16)12-22)8-9-18(19)26-13-14-6-4-3-5-7-14/h3-10,16H,11,13H2,1-2H3,(H,23,24). The Hall–Kier alpha value is -2.91. The van der Waals surface area contributed by atoms with Crippen LogP contribution in [0.15, 0.2) is 59.1 Å². The maximum atomic E-state index is 12.0. The highest BCUT2D eigenvalue weighted by Gasteiger charge is 2.29. The van der Waals surface area contributed by atoms with Crippen molar-refractivity contribution in [2.24, 2.45) is 0 Å². The van der Waals surface area contributed by atoms with E-state index in [0.29, 0.717) is 28.7 Å². The predicted molar refractivity (Wildman–Crippen MR) is 105 cm³/mol. The number of nitriles is 1. The lowest BCUT2D eigenvalue weighted by molar-refractivity contribution is -0.120. The van der Waals surface area contributed by atoms with Crippen LogP contribution in [0.1, 0.15) is 23.5 Å². The lowest BCUT2D eigenvalue weighted by Gasteiger charge is -2.25. The molecule has 0 fully saturated rings. The van der Waals surface area contributed by atoms with Crippen LogP contribution in [0.5, 0.6) is 11.5 Å². The second-order valence-electron chi connectivity index (χ2n) is 6.05. The van der Waals surface area contributed by atoms with Crippen LogP contribution < -0.4 is 14.8 Å². The van der Waals surface area contributed by atoms with E-state index in [1.165, 1.54) is 11.8 Å². The number of methoxy groups -OCH3 is 1. The Morgan fingerprint density at radius 2 is 2.00 bits per heavy atom. The van der Waals surface area contributed by atoms with Crippen LogP contribution in [0, 0.1) is 11.3 Å². The quantitative estimate of drug-likeness (QED) is 0.821. The topological polar surface area (TPSA) is 71.3 Å². The van der Waals surface area contributed by atoms with Gasteiger partial charge in [-0.25, -0.2) is 0 Å². The summed E-state index contributed by atoms with van der Waals surface area (Å²) in [5.41, 5.74) is 2.49. The summed E-state index contributed by atoms with van der Waals surface area (Å²) >= 11 is 1.37. The van der Waals surface area contributed by atoms with Crippen LogP contribution in [-0.2, 0) is 11.4 Å². The third-order valence-corrected chi connectivity index (χ3v) is 5.12. The fourth-order valence-electron chi connectivity index (χ4n) is 3.02. The van der Waals surface area contributed by atoms with Crippen LogP contribution in [-0.4, -0.2) is 19.3 Å². The van der Waals surface area contributed by atoms with Gasteiger partial charge in [0.25, 0.3) is 0 Å². The molecule has 1 atom stereocenters. The van der Waals surface area contributed by atoms with Crippen LogP contribution >= 0.6 is 11.8 Å². The Morgan fingerprint density at radius 3 is 2.67 bits per heavy atom. The minimum absolute atomic E-state index is 0.0910. The van der Waals surface area contributed by atoms with Gasteiger partial charge < -0.3 is 14.8 Å². The first-order valence-electron chi connectivity index (χ1n) is 8.49. The molecule has 0 radical (unpaired) electrons. The van der Waals surface area contributed by atoms with Crippen LogP contribution in [0.4, 0.5) is 0 Å². The summed E-state index contributed by atoms with van der Waals surface area (Å²) in [6.07, 6.45) is 2.08. The van der Waals surface area contributed by atoms with E-state index in [1.54, 1.807) is 7.11 Å². The van der Waals surface area contributed by atoms with Gasteiger partial charge in [-0.2, -0.15) is 5.26 Å². The van der Waals surface area contributed by atoms with Gasteiger partial charge in [-0.3, -0.25) is 4.79 Å². The van der Waals surface area contributed by atoms with E-state index in [-0.39, 0.29) is 18.2 Å². The second-order valence-corrected chi connectivity index (χ2v) is 6.86. The highest BCUT2D eigenvalue weighted by atomic mass is 32.2. The van der Waals surface area contributed by atoms with Gasteiger partial charge in [-0.1, -0.05) is 36.4 Å². The monoisotopic (exact) mass is 380 g/mol. The van der Waals surface area contributed by atoms with Gasteiger partial charge in [-0.05, 0) is 29.5 Å². The molecule has 1 aliphatic heterocycles. The molecule has 0 saturated carbocycles. The van der Waals surface area contributed by atoms with Crippen molar-refractivity contribution in [3.8, 4) is 17.6 Å². The van der Waals surface area contributed by atoms with Gasteiger partial charge in [0, 0.05) is 12.3 Å². The lowest BCUT2D eigenvalue weighted by atomic mass is 9.87. The first kappa shape index (κ1) is 18.9. The molecule has 6 heteroatoms. The van der Waals surface area contributed by atoms with E-state index >= 15 is 0 Å². The molecule has 0 aliphatic carbocycles. The molecule has 0 aromatic heterocycles. The molecule has 1 aliphatic rings. The average molecular weight is 380 g/mol. The van der Waals surface area contributed by atoms with E-state index in [1.807, 2.05) is 54.8 Å². The Morgan fingerprint density at radius 1 is 1.22 bits per heavy atom. The van der Waals surface area contributed by atoms with E-state index in [0.717, 1.165) is 11.1 Å². The number of amides is 1. The van der Waals surface area contributed by atoms with Crippen molar-refractivity contribution in [2.45, 2.75) is 18.9 Å². The number of benzene rings is 2. The van der Waals surface area contributed by atoms with E-state index in [2.05, 4.69) is 11.4 Å². The largest absolute Gasteiger partial charge is 0.493 e. The fraction of sp³-hybridized carbons (Fsp3) is 0.238. The molecule has 0 bridgehead atoms. The molecule has 5 nitrogen and oxygen atoms in total. The van der Waals surface area contributed by atoms with Gasteiger partial charge in [-0.15, -0.1) is 11.8 Å². The second kappa shape index (κ2) is 8.65. The normalized spacial score (nSPS) is 16.5. The van der Waals surface area contributed by atoms with Crippen LogP contribution in [0.2, 0.25) is 0 Å². The summed E-state index contributed by atoms with van der Waals surface area (Å²) in [5.74, 6) is 0.824. The number of ether oxygens (including phenoxy) is 2. The summed E-state index contributed by atoms with van der Waals surface area (Å²) in [6, 6.07) is 17.7. The number of hydrogen-bond donors (Lipinski definition) is 1. The number of nitrogens with zero attached hydrogens (tertiary/aromatic N) is 1. The minimum Gasteiger partial charge on any atom is -0.493 e. The van der Waals surface area contributed by atoms with E-state index in [9.17, 15) is 10.1 Å². The molecule has 0 saturated heterocycles. The third-order valence-electron chi connectivity index (χ3n) is 4.39. The highest BCUT2D eigenvalue weighted by molar-refractivity contribution is 8.02. The predicted octanol–water partition coefficient (Wildman–Crippen LogP) is 3.98. The smallest absolute Gasteiger partial charge is 0.225 e. The van der Waals surface area contributed by atoms with Crippen molar-refractivity contribution in [1.29, 1.82) is 5.26 Å². The fourth-order valence-corrected chi connectivity index (χ4v) is 3.64. The third kappa shape index (κ3) is 4.26. The summed E-state index contributed by atoms with van der Waals surface area (Å²) in [6.45, 7) is 0.433. The zero-order valence-corrected chi connectivity index (χ0v) is 16.0. The molecular weight excluding hydrogens is 360 g/mol. The molecule has 27 heavy (non-hydrogen) atoms. The average Bonchev–Trinajstić information content (AvgIpc) is 2.72. The number of carbonyl (C=O) groups excluding carboxylic acids is 1. The Bertz CT molecular complexity index is 903. The van der Waals surface area contributed by atoms with Gasteiger partial charge in [0.1, 0.15) is 6.61 Å². The summed E-state index contributed by atoms with van der Waals surface area (Å²) in [7, 11) is 1.58. The number of nitrogens with one attached hydrogen (secondary N) is 1. The number of carbonyl (C=O) groups is 1. The van der Waals surface area contributed by atoms with E-state index in [4.69, 9.17) is 9.47 Å². The molecule has 1 N–H and O–H groups in total. The number of rotatable bonds is 6. The van der Waals surface area contributed by atoms with Crippen molar-refractivity contribution in [1.82, 2.24) is 5.32 Å². The number of allylic oxidation sites excluding steroid dienone is 1. The molecule has 2 aromatic carbocycles. The molecule has 1 heterocycles. The van der Waals surface area contributed by atoms with Crippen molar-refractivity contribution >= 4 is 17.7 Å². The zero-order chi connectivity index (χ0) is 19.2. The summed E-state index contributed by atoms with van der Waals surface area (Å²) in [4.78, 5) is 12.0. The zero-order valence-electron chi connectivity index (χ0n) is 15.2. The summed E-state index contributed by atoms with van der Waals surface area (Å²) in [5, 5.41) is 13.0. The van der Waals surface area contributed by atoms with Crippen molar-refractivity contribution < 1.29 is 14.3 Å². The Kier molecular flexibility index (Phi) is 6.05. The SMILES string of the molecule is COc1cc(C2CC(=O)NC(SC)=C2C#N)ccc1OCc1ccccc1. The van der Waals surface area contributed by atoms with Crippen LogP contribution in [0.25, 0.3) is 0 Å². The first-order valence-corrected chi connectivity index (χ1v) is 9.71. The molecule has 1 amide bonds. The van der Waals surface area contributed by atoms with Crippen molar-refractivity contribution in [3.05, 3.63) is 70.3 Å². The Labute approximate surface area is 163 Å². The van der Waals surface area contributed by atoms with Crippen molar-refractivity contribution in [2.75, 3.05) is 13.4 Å². The van der Waals surface area contributed by atoms with E-state index < -0.39 is 0 Å². The first-order chi connectivity index (χ1) is 13.2. The molecule has 3 rings (SSSR count). The maximum Gasteiger partial charge on any atom is 0.225 e. The number of thioether (sulfide) groups is 1. The maximum absolute atomic E-state index is 12.0. The molecule has 2 aromatic rings. The molecule has 138 valence electrons. The van der Waals surface area contributed by atoms with Gasteiger partial charge in [0.15, 0.2) is 11.5 Å². The van der Waals surface area contributed by atoms with Gasteiger partial charge in [0.05, 0.1) is 23.8 Å². The van der Waals surface area contributed by atoms with Gasteiger partial charge in [0.2, 0.25) is 5.91 Å². The molecular formula is C21H20N2O3S. The Balaban J connectivity index is 1.87. The van der Waals surface area contributed by atoms with Gasteiger partial charge >= 0.3 is 0 Å². The molecule has 1 unspecified atom stereocenters. The number of hydrogen-bond acceptors (Lipinski definition) is 5. The molecule has 0 spiro atoms.